The van der Waals surface area contributed by atoms with E-state index in [4.69, 9.17) is 0 Å². The first kappa shape index (κ1) is 15.2. The van der Waals surface area contributed by atoms with E-state index in [2.05, 4.69) is 20.9 Å². The summed E-state index contributed by atoms with van der Waals surface area (Å²) >= 11 is 0. The largest absolute Gasteiger partial charge is 0.508 e. The van der Waals surface area contributed by atoms with Gasteiger partial charge < -0.3 is 21.1 Å². The molecule has 1 aromatic carbocycles. The van der Waals surface area contributed by atoms with Gasteiger partial charge in [-0.1, -0.05) is 0 Å². The highest BCUT2D eigenvalue weighted by Crippen LogP contribution is 2.18. The van der Waals surface area contributed by atoms with Crippen LogP contribution in [0.15, 0.2) is 29.3 Å². The highest BCUT2D eigenvalue weighted by molar-refractivity contribution is 5.94. The highest BCUT2D eigenvalue weighted by Gasteiger charge is 2.21. The van der Waals surface area contributed by atoms with Gasteiger partial charge in [-0.05, 0) is 44.0 Å². The van der Waals surface area contributed by atoms with Crippen LogP contribution in [-0.4, -0.2) is 42.6 Å². The molecular weight excluding hydrogens is 268 g/mol. The van der Waals surface area contributed by atoms with Crippen LogP contribution in [0.3, 0.4) is 0 Å². The molecule has 114 valence electrons. The Morgan fingerprint density at radius 3 is 2.62 bits per heavy atom. The number of nitrogens with one attached hydrogen (secondary N) is 3. The van der Waals surface area contributed by atoms with Gasteiger partial charge in [-0.25, -0.2) is 0 Å². The SMILES string of the molecule is CCNC(=NCCNC(=O)c1ccc(O)cc1)NC1CC1. The molecule has 2 rings (SSSR count). The number of amides is 1. The number of phenolic OH excluding ortho intramolecular Hbond substituents is 1. The fourth-order valence-corrected chi connectivity index (χ4v) is 1.79. The van der Waals surface area contributed by atoms with Gasteiger partial charge in [0.25, 0.3) is 5.91 Å². The van der Waals surface area contributed by atoms with Crippen LogP contribution >= 0.6 is 0 Å². The Hall–Kier alpha value is -2.24. The van der Waals surface area contributed by atoms with Gasteiger partial charge in [0.15, 0.2) is 5.96 Å². The quantitative estimate of drug-likeness (QED) is 0.355. The first-order valence-electron chi connectivity index (χ1n) is 7.31. The van der Waals surface area contributed by atoms with Gasteiger partial charge in [-0.2, -0.15) is 0 Å². The van der Waals surface area contributed by atoms with Crippen LogP contribution in [0.2, 0.25) is 0 Å². The standard InChI is InChI=1S/C15H22N4O2/c1-2-16-15(19-12-5-6-12)18-10-9-17-14(21)11-3-7-13(20)8-4-11/h3-4,7-8,12,20H,2,5-6,9-10H2,1H3,(H,17,21)(H2,16,18,19). The summed E-state index contributed by atoms with van der Waals surface area (Å²) in [5, 5.41) is 18.5. The number of aliphatic imine (C=N–C) groups is 1. The number of carbonyl (C=O) groups excluding carboxylic acids is 1. The van der Waals surface area contributed by atoms with E-state index in [-0.39, 0.29) is 11.7 Å². The third kappa shape index (κ3) is 5.33. The summed E-state index contributed by atoms with van der Waals surface area (Å²) in [6, 6.07) is 6.72. The molecule has 0 unspecified atom stereocenters. The van der Waals surface area contributed by atoms with E-state index in [9.17, 15) is 9.90 Å². The highest BCUT2D eigenvalue weighted by atomic mass is 16.3. The average Bonchev–Trinajstić information content (AvgIpc) is 3.28. The number of benzene rings is 1. The van der Waals surface area contributed by atoms with E-state index in [0.717, 1.165) is 12.5 Å². The summed E-state index contributed by atoms with van der Waals surface area (Å²) in [6.45, 7) is 3.84. The van der Waals surface area contributed by atoms with E-state index in [1.165, 1.54) is 25.0 Å². The molecule has 0 aromatic heterocycles. The van der Waals surface area contributed by atoms with Crippen molar-refractivity contribution in [3.63, 3.8) is 0 Å². The number of guanidine groups is 1. The Kier molecular flexibility index (Phi) is 5.43. The molecule has 0 heterocycles. The fourth-order valence-electron chi connectivity index (χ4n) is 1.79. The van der Waals surface area contributed by atoms with Crippen molar-refractivity contribution in [1.29, 1.82) is 0 Å². The first-order valence-corrected chi connectivity index (χ1v) is 7.31. The van der Waals surface area contributed by atoms with Crippen molar-refractivity contribution in [2.24, 2.45) is 4.99 Å². The minimum atomic E-state index is -0.162. The minimum Gasteiger partial charge on any atom is -0.508 e. The van der Waals surface area contributed by atoms with Crippen molar-refractivity contribution < 1.29 is 9.90 Å². The lowest BCUT2D eigenvalue weighted by molar-refractivity contribution is 0.0955. The summed E-state index contributed by atoms with van der Waals surface area (Å²) in [5.41, 5.74) is 0.528. The van der Waals surface area contributed by atoms with E-state index in [0.29, 0.717) is 24.7 Å². The zero-order chi connectivity index (χ0) is 15.1. The Morgan fingerprint density at radius 1 is 1.29 bits per heavy atom. The summed E-state index contributed by atoms with van der Waals surface area (Å²) < 4.78 is 0. The van der Waals surface area contributed by atoms with Crippen molar-refractivity contribution >= 4 is 11.9 Å². The molecule has 1 saturated carbocycles. The smallest absolute Gasteiger partial charge is 0.251 e. The molecule has 21 heavy (non-hydrogen) atoms. The maximum atomic E-state index is 11.8. The Balaban J connectivity index is 1.74. The Morgan fingerprint density at radius 2 is 2.00 bits per heavy atom. The van der Waals surface area contributed by atoms with E-state index in [1.807, 2.05) is 6.92 Å². The number of aromatic hydroxyl groups is 1. The predicted octanol–water partition coefficient (Wildman–Crippen LogP) is 0.839. The monoisotopic (exact) mass is 290 g/mol. The third-order valence-corrected chi connectivity index (χ3v) is 3.06. The second kappa shape index (κ2) is 7.52. The molecule has 1 amide bonds. The molecule has 0 atom stereocenters. The van der Waals surface area contributed by atoms with Crippen LogP contribution in [0.1, 0.15) is 30.1 Å². The van der Waals surface area contributed by atoms with Crippen molar-refractivity contribution in [2.75, 3.05) is 19.6 Å². The van der Waals surface area contributed by atoms with Crippen LogP contribution < -0.4 is 16.0 Å². The second-order valence-corrected chi connectivity index (χ2v) is 4.98. The molecule has 0 radical (unpaired) electrons. The van der Waals surface area contributed by atoms with Gasteiger partial charge in [0.05, 0.1) is 6.54 Å². The molecule has 1 fully saturated rings. The lowest BCUT2D eigenvalue weighted by atomic mass is 10.2. The summed E-state index contributed by atoms with van der Waals surface area (Å²) in [4.78, 5) is 16.3. The second-order valence-electron chi connectivity index (χ2n) is 4.98. The molecule has 0 aliphatic heterocycles. The maximum Gasteiger partial charge on any atom is 0.251 e. The van der Waals surface area contributed by atoms with Gasteiger partial charge >= 0.3 is 0 Å². The van der Waals surface area contributed by atoms with Gasteiger partial charge in [0.2, 0.25) is 0 Å². The van der Waals surface area contributed by atoms with E-state index >= 15 is 0 Å². The first-order chi connectivity index (χ1) is 10.2. The van der Waals surface area contributed by atoms with Crippen LogP contribution in [0, 0.1) is 0 Å². The molecule has 0 spiro atoms. The molecule has 1 aliphatic carbocycles. The number of carbonyl (C=O) groups is 1. The van der Waals surface area contributed by atoms with Gasteiger partial charge in [0, 0.05) is 24.7 Å². The molecule has 0 bridgehead atoms. The normalized spacial score (nSPS) is 14.6. The molecule has 1 aromatic rings. The molecular formula is C15H22N4O2. The average molecular weight is 290 g/mol. The lowest BCUT2D eigenvalue weighted by Gasteiger charge is -2.10. The number of rotatable bonds is 6. The van der Waals surface area contributed by atoms with E-state index < -0.39 is 0 Å². The van der Waals surface area contributed by atoms with Crippen LogP contribution in [0.4, 0.5) is 0 Å². The minimum absolute atomic E-state index is 0.151. The van der Waals surface area contributed by atoms with Crippen LogP contribution in [0.25, 0.3) is 0 Å². The Labute approximate surface area is 124 Å². The topological polar surface area (TPSA) is 85.8 Å². The summed E-state index contributed by atoms with van der Waals surface area (Å²) in [5.74, 6) is 0.793. The number of phenols is 1. The van der Waals surface area contributed by atoms with Crippen LogP contribution in [-0.2, 0) is 0 Å². The number of hydrogen-bond donors (Lipinski definition) is 4. The molecule has 6 heteroatoms. The van der Waals surface area contributed by atoms with Crippen LogP contribution in [0.5, 0.6) is 5.75 Å². The fraction of sp³-hybridized carbons (Fsp3) is 0.467. The van der Waals surface area contributed by atoms with Crippen molar-refractivity contribution in [3.8, 4) is 5.75 Å². The predicted molar refractivity (Wildman–Crippen MR) is 82.6 cm³/mol. The zero-order valence-corrected chi connectivity index (χ0v) is 12.2. The lowest BCUT2D eigenvalue weighted by Crippen LogP contribution is -2.39. The zero-order valence-electron chi connectivity index (χ0n) is 12.2. The van der Waals surface area contributed by atoms with Gasteiger partial charge in [0.1, 0.15) is 5.75 Å². The molecule has 1 aliphatic rings. The van der Waals surface area contributed by atoms with Crippen molar-refractivity contribution in [3.05, 3.63) is 29.8 Å². The maximum absolute atomic E-state index is 11.8. The molecule has 4 N–H and O–H groups in total. The van der Waals surface area contributed by atoms with Crippen molar-refractivity contribution in [2.45, 2.75) is 25.8 Å². The number of nitrogens with zero attached hydrogens (tertiary/aromatic N) is 1. The third-order valence-electron chi connectivity index (χ3n) is 3.06. The molecule has 0 saturated heterocycles. The number of hydrogen-bond acceptors (Lipinski definition) is 3. The van der Waals surface area contributed by atoms with Crippen molar-refractivity contribution in [1.82, 2.24) is 16.0 Å². The van der Waals surface area contributed by atoms with Gasteiger partial charge in [-0.3, -0.25) is 9.79 Å². The Bertz CT molecular complexity index is 495. The summed E-state index contributed by atoms with van der Waals surface area (Å²) in [7, 11) is 0. The van der Waals surface area contributed by atoms with Gasteiger partial charge in [-0.15, -0.1) is 0 Å². The summed E-state index contributed by atoms with van der Waals surface area (Å²) in [6.07, 6.45) is 2.39. The molecule has 6 nitrogen and oxygen atoms in total. The van der Waals surface area contributed by atoms with E-state index in [1.54, 1.807) is 12.1 Å².